The van der Waals surface area contributed by atoms with Gasteiger partial charge in [-0.25, -0.2) is 0 Å². The monoisotopic (exact) mass is 356 g/mol. The van der Waals surface area contributed by atoms with Gasteiger partial charge in [0.2, 0.25) is 5.84 Å². The number of hydrogen-bond donors (Lipinski definition) is 0. The maximum atomic E-state index is 12.6. The minimum Gasteiger partial charge on any atom is -0.497 e. The number of ether oxygens (including phenoxy) is 1. The van der Waals surface area contributed by atoms with E-state index in [4.69, 9.17) is 4.74 Å². The summed E-state index contributed by atoms with van der Waals surface area (Å²) in [7, 11) is -0.766. The van der Waals surface area contributed by atoms with Crippen LogP contribution in [-0.2, 0) is 10.0 Å². The van der Waals surface area contributed by atoms with Crippen LogP contribution in [0.4, 0.5) is 5.69 Å². The van der Waals surface area contributed by atoms with Gasteiger partial charge in [0.05, 0.1) is 23.3 Å². The third-order valence-electron chi connectivity index (χ3n) is 3.98. The normalized spacial score (nSPS) is 15.2. The zero-order valence-corrected chi connectivity index (χ0v) is 14.8. The molecule has 0 saturated heterocycles. The summed E-state index contributed by atoms with van der Waals surface area (Å²) < 4.78 is 34.3. The number of aryl methyl sites for hydroxylation is 1. The Morgan fingerprint density at radius 2 is 1.84 bits per heavy atom. The molecular formula is C17H16N4O3S. The number of likely N-dealkylation sites (N-methyl/N-ethyl adjacent to an activating group) is 1. The lowest BCUT2D eigenvalue weighted by molar-refractivity contribution is -0.000216. The molecule has 8 heteroatoms. The predicted octanol–water partition coefficient (Wildman–Crippen LogP) is 2.26. The first-order chi connectivity index (χ1) is 11.9. The average Bonchev–Trinajstić information content (AvgIpc) is 2.85. The second-order valence-corrected chi connectivity index (χ2v) is 7.20. The van der Waals surface area contributed by atoms with Gasteiger partial charge >= 0.3 is 5.71 Å². The maximum absolute atomic E-state index is 12.6. The summed E-state index contributed by atoms with van der Waals surface area (Å²) in [4.78, 5) is 4.89. The number of amidine groups is 1. The Morgan fingerprint density at radius 1 is 1.16 bits per heavy atom. The molecule has 2 aromatic carbocycles. The molecule has 1 aliphatic rings. The molecule has 25 heavy (non-hydrogen) atoms. The van der Waals surface area contributed by atoms with Crippen LogP contribution >= 0.6 is 0 Å². The van der Waals surface area contributed by atoms with E-state index in [1.807, 2.05) is 6.92 Å². The summed E-state index contributed by atoms with van der Waals surface area (Å²) >= 11 is 0. The number of rotatable bonds is 3. The number of nitrogens with zero attached hydrogens (tertiary/aromatic N) is 4. The van der Waals surface area contributed by atoms with Gasteiger partial charge < -0.3 is 15.2 Å². The number of benzene rings is 2. The number of sulfonamides is 1. The molecule has 0 amide bonds. The first kappa shape index (κ1) is 16.9. The third kappa shape index (κ3) is 2.93. The van der Waals surface area contributed by atoms with Crippen LogP contribution in [-0.4, -0.2) is 38.9 Å². The highest BCUT2D eigenvalue weighted by Crippen LogP contribution is 2.32. The summed E-state index contributed by atoms with van der Waals surface area (Å²) in [5.74, 6) is 0.613. The summed E-state index contributed by atoms with van der Waals surface area (Å²) in [6.45, 7) is 1.87. The molecule has 7 nitrogen and oxygen atoms in total. The molecular weight excluding hydrogens is 340 g/mol. The largest absolute Gasteiger partial charge is 0.497 e. The molecule has 1 aliphatic heterocycles. The molecule has 0 atom stereocenters. The van der Waals surface area contributed by atoms with Crippen molar-refractivity contribution in [1.82, 2.24) is 0 Å². The summed E-state index contributed by atoms with van der Waals surface area (Å²) in [5, 5.41) is 0. The highest BCUT2D eigenvalue weighted by atomic mass is 32.2. The van der Waals surface area contributed by atoms with Gasteiger partial charge in [-0.05, 0) is 37.3 Å². The van der Waals surface area contributed by atoms with Crippen LogP contribution in [0, 0.1) is 6.92 Å². The highest BCUT2D eigenvalue weighted by molar-refractivity contribution is 7.90. The van der Waals surface area contributed by atoms with E-state index < -0.39 is 10.0 Å². The van der Waals surface area contributed by atoms with Crippen molar-refractivity contribution in [3.63, 3.8) is 0 Å². The fourth-order valence-electron chi connectivity index (χ4n) is 2.60. The van der Waals surface area contributed by atoms with Gasteiger partial charge in [0.1, 0.15) is 5.75 Å². The second kappa shape index (κ2) is 6.16. The van der Waals surface area contributed by atoms with E-state index in [0.29, 0.717) is 17.0 Å². The molecule has 2 aromatic rings. The minimum atomic E-state index is -3.95. The van der Waals surface area contributed by atoms with Crippen molar-refractivity contribution in [2.75, 3.05) is 19.1 Å². The standard InChI is InChI=1S/C17H16N4O3S/c1-11-4-7-13(8-5-11)25(22,23)20-17-16(19-18)14-10-12(24-3)6-9-15(14)21(17)2/h4-10H,1-3H3/b20-17-. The van der Waals surface area contributed by atoms with E-state index >= 15 is 0 Å². The molecule has 0 radical (unpaired) electrons. The predicted molar refractivity (Wildman–Crippen MR) is 94.9 cm³/mol. The van der Waals surface area contributed by atoms with Crippen molar-refractivity contribution >= 4 is 27.3 Å². The molecule has 128 valence electrons. The SMILES string of the molecule is COc1ccc2c(c1)C(=[N+]=[N-])/C(=N/S(=O)(=O)c1ccc(C)cc1)N2C. The molecule has 0 bridgehead atoms. The van der Waals surface area contributed by atoms with Crippen molar-refractivity contribution in [2.45, 2.75) is 11.8 Å². The van der Waals surface area contributed by atoms with E-state index in [0.717, 1.165) is 5.56 Å². The smallest absolute Gasteiger partial charge is 0.367 e. The minimum absolute atomic E-state index is 0.0475. The highest BCUT2D eigenvalue weighted by Gasteiger charge is 2.38. The maximum Gasteiger partial charge on any atom is 0.367 e. The lowest BCUT2D eigenvalue weighted by Crippen LogP contribution is -2.28. The molecule has 0 fully saturated rings. The van der Waals surface area contributed by atoms with Gasteiger partial charge in [-0.2, -0.15) is 13.2 Å². The molecule has 0 saturated carbocycles. The van der Waals surface area contributed by atoms with Gasteiger partial charge in [0.15, 0.2) is 0 Å². The van der Waals surface area contributed by atoms with Gasteiger partial charge in [-0.15, -0.1) is 4.40 Å². The number of methoxy groups -OCH3 is 1. The van der Waals surface area contributed by atoms with Crippen molar-refractivity contribution in [3.8, 4) is 5.75 Å². The van der Waals surface area contributed by atoms with E-state index in [1.54, 1.807) is 42.3 Å². The van der Waals surface area contributed by atoms with E-state index in [-0.39, 0.29) is 16.4 Å². The molecule has 0 unspecified atom stereocenters. The summed E-state index contributed by atoms with van der Waals surface area (Å²) in [5.41, 5.74) is 11.7. The van der Waals surface area contributed by atoms with Crippen LogP contribution in [0.3, 0.4) is 0 Å². The van der Waals surface area contributed by atoms with Crippen molar-refractivity contribution in [3.05, 3.63) is 59.1 Å². The zero-order chi connectivity index (χ0) is 18.2. The molecule has 1 heterocycles. The zero-order valence-electron chi connectivity index (χ0n) is 14.0. The van der Waals surface area contributed by atoms with Crippen molar-refractivity contribution in [1.29, 1.82) is 0 Å². The lowest BCUT2D eigenvalue weighted by Gasteiger charge is -2.11. The fraction of sp³-hybridized carbons (Fsp3) is 0.176. The van der Waals surface area contributed by atoms with Crippen LogP contribution in [0.5, 0.6) is 5.75 Å². The summed E-state index contributed by atoms with van der Waals surface area (Å²) in [6.07, 6.45) is 0. The Kier molecular flexibility index (Phi) is 4.16. The van der Waals surface area contributed by atoms with Gasteiger partial charge in [0, 0.05) is 7.05 Å². The first-order valence-corrected chi connectivity index (χ1v) is 8.87. The van der Waals surface area contributed by atoms with Crippen molar-refractivity contribution < 1.29 is 17.9 Å². The second-order valence-electron chi connectivity index (χ2n) is 5.59. The van der Waals surface area contributed by atoms with Gasteiger partial charge in [-0.3, -0.25) is 0 Å². The van der Waals surface area contributed by atoms with E-state index in [2.05, 4.69) is 9.19 Å². The quantitative estimate of drug-likeness (QED) is 0.622. The average molecular weight is 356 g/mol. The number of anilines is 1. The number of hydrogen-bond acceptors (Lipinski definition) is 3. The topological polar surface area (TPSA) is 95.4 Å². The Bertz CT molecular complexity index is 1020. The number of fused-ring (bicyclic) bond motifs is 1. The van der Waals surface area contributed by atoms with E-state index in [1.165, 1.54) is 19.2 Å². The Balaban J connectivity index is 2.12. The Hall–Kier alpha value is -2.96. The van der Waals surface area contributed by atoms with Crippen LogP contribution in [0.2, 0.25) is 0 Å². The van der Waals surface area contributed by atoms with Crippen LogP contribution in [0.25, 0.3) is 5.53 Å². The molecule has 0 spiro atoms. The molecule has 0 N–H and O–H groups in total. The summed E-state index contributed by atoms with van der Waals surface area (Å²) in [6, 6.07) is 11.5. The first-order valence-electron chi connectivity index (χ1n) is 7.43. The lowest BCUT2D eigenvalue weighted by atomic mass is 10.1. The third-order valence-corrected chi connectivity index (χ3v) is 5.26. The van der Waals surface area contributed by atoms with Crippen LogP contribution in [0.15, 0.2) is 51.8 Å². The van der Waals surface area contributed by atoms with Gasteiger partial charge in [0.25, 0.3) is 10.0 Å². The van der Waals surface area contributed by atoms with Crippen LogP contribution < -0.4 is 9.64 Å². The van der Waals surface area contributed by atoms with Crippen molar-refractivity contribution in [2.24, 2.45) is 4.40 Å². The molecule has 0 aromatic heterocycles. The van der Waals surface area contributed by atoms with Crippen LogP contribution in [0.1, 0.15) is 11.1 Å². The molecule has 3 rings (SSSR count). The fourth-order valence-corrected chi connectivity index (χ4v) is 3.62. The Morgan fingerprint density at radius 3 is 2.44 bits per heavy atom. The molecule has 0 aliphatic carbocycles. The van der Waals surface area contributed by atoms with Gasteiger partial charge in [-0.1, -0.05) is 17.7 Å². The van der Waals surface area contributed by atoms with E-state index in [9.17, 15) is 13.9 Å². The Labute approximate surface area is 145 Å².